The molecule has 0 spiro atoms. The number of fused-ring (bicyclic) bond motifs is 2. The van der Waals surface area contributed by atoms with E-state index in [9.17, 15) is 9.90 Å². The van der Waals surface area contributed by atoms with Gasteiger partial charge in [0.25, 0.3) is 0 Å². The van der Waals surface area contributed by atoms with Crippen molar-refractivity contribution in [3.63, 3.8) is 0 Å². The predicted octanol–water partition coefficient (Wildman–Crippen LogP) is 11.0. The van der Waals surface area contributed by atoms with E-state index < -0.39 is 0 Å². The Morgan fingerprint density at radius 2 is 1.56 bits per heavy atom. The average molecular weight is 824 g/mol. The van der Waals surface area contributed by atoms with E-state index in [1.807, 2.05) is 76.6 Å². The molecule has 5 rings (SSSR count). The first kappa shape index (κ1) is 38.7. The number of furan rings is 1. The standard InChI is InChI=1S/C27H23N2O.C15H28O2.Ir/c1-27(2,3)22-16-20(15-18-7-5-6-8-21(18)22)25-17-19(11-13-29(25)4)23-9-10-26-24(28-23)12-14-30-26;1-7-14(5,8-2)12(16)11-13(17)15(6,9-3)10-4;/h5-14,16-17H,4H2,1-3H3;11,16H,7-10H2,1-6H3;/q-1;;/b;12-11-;. The second-order valence-electron chi connectivity index (χ2n) is 14.1. The molecule has 2 aromatic carbocycles. The van der Waals surface area contributed by atoms with E-state index in [0.717, 1.165) is 64.7 Å². The minimum atomic E-state index is -0.337. The first-order chi connectivity index (χ1) is 22.2. The minimum Gasteiger partial charge on any atom is -0.512 e. The van der Waals surface area contributed by atoms with Gasteiger partial charge in [-0.2, -0.15) is 0 Å². The molecule has 5 nitrogen and oxygen atoms in total. The molecule has 0 bridgehead atoms. The van der Waals surface area contributed by atoms with Gasteiger partial charge in [0.1, 0.15) is 17.0 Å². The van der Waals surface area contributed by atoms with Crippen LogP contribution in [0.2, 0.25) is 0 Å². The molecule has 0 amide bonds. The van der Waals surface area contributed by atoms with Crippen molar-refractivity contribution in [3.8, 4) is 22.5 Å². The second kappa shape index (κ2) is 15.7. The van der Waals surface area contributed by atoms with Crippen LogP contribution < -0.4 is 4.57 Å². The normalized spacial score (nSPS) is 12.4. The smallest absolute Gasteiger partial charge is 0.164 e. The molecule has 0 saturated heterocycles. The molecule has 0 aliphatic carbocycles. The molecule has 0 atom stereocenters. The summed E-state index contributed by atoms with van der Waals surface area (Å²) in [5.74, 6) is 0.286. The molecule has 1 N–H and O–H groups in total. The van der Waals surface area contributed by atoms with E-state index in [2.05, 4.69) is 70.3 Å². The fraction of sp³-hybridized carbons (Fsp3) is 0.381. The molecule has 0 aliphatic heterocycles. The molecule has 6 heteroatoms. The molecule has 3 heterocycles. The van der Waals surface area contributed by atoms with Gasteiger partial charge in [-0.05, 0) is 60.9 Å². The van der Waals surface area contributed by atoms with Gasteiger partial charge in [-0.1, -0.05) is 91.5 Å². The Balaban J connectivity index is 0.000000301. The Morgan fingerprint density at radius 3 is 2.19 bits per heavy atom. The summed E-state index contributed by atoms with van der Waals surface area (Å²) in [4.78, 5) is 16.9. The number of allylic oxidation sites excluding steroid dienone is 2. The van der Waals surface area contributed by atoms with Gasteiger partial charge in [-0.3, -0.25) is 4.79 Å². The Hall–Kier alpha value is -3.73. The van der Waals surface area contributed by atoms with Gasteiger partial charge in [-0.15, -0.1) is 29.1 Å². The summed E-state index contributed by atoms with van der Waals surface area (Å²) < 4.78 is 7.32. The third-order valence-corrected chi connectivity index (χ3v) is 10.1. The maximum atomic E-state index is 12.2. The number of aliphatic hydroxyl groups is 1. The van der Waals surface area contributed by atoms with Gasteiger partial charge < -0.3 is 14.1 Å². The van der Waals surface area contributed by atoms with E-state index in [-0.39, 0.29) is 47.9 Å². The van der Waals surface area contributed by atoms with Crippen molar-refractivity contribution in [2.24, 2.45) is 10.8 Å². The number of pyridine rings is 2. The van der Waals surface area contributed by atoms with Gasteiger partial charge in [-0.25, -0.2) is 4.98 Å². The molecule has 257 valence electrons. The van der Waals surface area contributed by atoms with E-state index in [0.29, 0.717) is 0 Å². The first-order valence-corrected chi connectivity index (χ1v) is 16.8. The fourth-order valence-corrected chi connectivity index (χ4v) is 5.61. The van der Waals surface area contributed by atoms with Crippen molar-refractivity contribution in [2.45, 2.75) is 93.4 Å². The van der Waals surface area contributed by atoms with Crippen molar-refractivity contribution in [1.29, 1.82) is 0 Å². The number of nitrogens with zero attached hydrogens (tertiary/aromatic N) is 2. The molecule has 48 heavy (non-hydrogen) atoms. The van der Waals surface area contributed by atoms with Crippen LogP contribution in [0.15, 0.2) is 89.4 Å². The zero-order valence-corrected chi connectivity index (χ0v) is 32.4. The summed E-state index contributed by atoms with van der Waals surface area (Å²) in [6.07, 6.45) is 8.40. The van der Waals surface area contributed by atoms with Crippen LogP contribution in [0.25, 0.3) is 44.4 Å². The van der Waals surface area contributed by atoms with Gasteiger partial charge >= 0.3 is 0 Å². The summed E-state index contributed by atoms with van der Waals surface area (Å²) in [5.41, 5.74) is 6.32. The third kappa shape index (κ3) is 8.28. The number of aliphatic hydroxyl groups excluding tert-OH is 1. The van der Waals surface area contributed by atoms with Crippen molar-refractivity contribution in [3.05, 3.63) is 104 Å². The van der Waals surface area contributed by atoms with E-state index in [4.69, 9.17) is 9.40 Å². The molecule has 0 fully saturated rings. The number of aromatic nitrogens is 2. The van der Waals surface area contributed by atoms with E-state index in [1.165, 1.54) is 17.0 Å². The second-order valence-corrected chi connectivity index (χ2v) is 14.1. The Kier molecular flexibility index (Phi) is 12.6. The predicted molar refractivity (Wildman–Crippen MR) is 194 cm³/mol. The van der Waals surface area contributed by atoms with E-state index >= 15 is 0 Å². The molecule has 1 radical (unpaired) electrons. The molecular formula is C42H51IrN2O3-. The Labute approximate surface area is 300 Å². The quantitative estimate of drug-likeness (QED) is 0.0696. The summed E-state index contributed by atoms with van der Waals surface area (Å²) in [6.45, 7) is 18.8. The topological polar surface area (TPSA) is 67.2 Å². The van der Waals surface area contributed by atoms with Crippen LogP contribution in [0.3, 0.4) is 0 Å². The van der Waals surface area contributed by atoms with Crippen LogP contribution in [0.1, 0.15) is 93.6 Å². The number of ketones is 1. The third-order valence-electron chi connectivity index (χ3n) is 10.1. The summed E-state index contributed by atoms with van der Waals surface area (Å²) in [5, 5.41) is 12.5. The number of hydrogen-bond donors (Lipinski definition) is 1. The number of hydrogen-bond acceptors (Lipinski definition) is 4. The zero-order valence-electron chi connectivity index (χ0n) is 30.0. The van der Waals surface area contributed by atoms with Crippen molar-refractivity contribution >= 4 is 27.7 Å². The van der Waals surface area contributed by atoms with Gasteiger partial charge in [0, 0.05) is 50.1 Å². The van der Waals surface area contributed by atoms with Crippen LogP contribution in [0.5, 0.6) is 0 Å². The molecule has 0 unspecified atom stereocenters. The monoisotopic (exact) mass is 824 g/mol. The summed E-state index contributed by atoms with van der Waals surface area (Å²) in [6, 6.07) is 24.3. The first-order valence-electron chi connectivity index (χ1n) is 16.8. The van der Waals surface area contributed by atoms with Crippen molar-refractivity contribution in [1.82, 2.24) is 4.98 Å². The largest absolute Gasteiger partial charge is 0.512 e. The van der Waals surface area contributed by atoms with E-state index in [1.54, 1.807) is 6.26 Å². The van der Waals surface area contributed by atoms with Crippen LogP contribution in [0, 0.1) is 23.9 Å². The molecule has 0 saturated carbocycles. The van der Waals surface area contributed by atoms with Gasteiger partial charge in [0.05, 0.1) is 18.2 Å². The van der Waals surface area contributed by atoms with Crippen LogP contribution in [0.4, 0.5) is 0 Å². The molecule has 0 aliphatic rings. The SMILES string of the molecule is CCC(C)(CC)C(=O)/C=C(\O)C(C)(CC)CC.[CH2-][n+]1ccc(-c2ccc3occc3n2)cc1-c1[c-]c2ccccc2c(C(C)(C)C)c1.[Ir]. The fourth-order valence-electron chi connectivity index (χ4n) is 5.61. The number of carbonyl (C=O) groups is 1. The molecule has 5 aromatic rings. The Morgan fingerprint density at radius 1 is 0.917 bits per heavy atom. The van der Waals surface area contributed by atoms with Gasteiger partial charge in [0.2, 0.25) is 0 Å². The van der Waals surface area contributed by atoms with Crippen molar-refractivity contribution < 1.29 is 39.0 Å². The summed E-state index contributed by atoms with van der Waals surface area (Å²) in [7, 11) is 4.21. The zero-order chi connectivity index (χ0) is 34.6. The maximum absolute atomic E-state index is 12.2. The van der Waals surface area contributed by atoms with Crippen LogP contribution in [-0.4, -0.2) is 15.9 Å². The van der Waals surface area contributed by atoms with Crippen molar-refractivity contribution in [2.75, 3.05) is 0 Å². The molecule has 3 aromatic heterocycles. The number of rotatable bonds is 9. The minimum absolute atomic E-state index is 0. The van der Waals surface area contributed by atoms with Crippen LogP contribution in [-0.2, 0) is 30.3 Å². The van der Waals surface area contributed by atoms with Crippen LogP contribution >= 0.6 is 0 Å². The maximum Gasteiger partial charge on any atom is 0.164 e. The van der Waals surface area contributed by atoms with Gasteiger partial charge in [0.15, 0.2) is 11.4 Å². The summed E-state index contributed by atoms with van der Waals surface area (Å²) >= 11 is 0. The average Bonchev–Trinajstić information content (AvgIpc) is 3.55. The number of carbonyl (C=O) groups excluding carboxylic acids is 1. The molecular weight excluding hydrogens is 773 g/mol. The number of benzene rings is 2. The Bertz CT molecular complexity index is 1890.